The highest BCUT2D eigenvalue weighted by atomic mass is 16.7. The van der Waals surface area contributed by atoms with Gasteiger partial charge >= 0.3 is 0 Å². The molecular weight excluding hydrogens is 716 g/mol. The van der Waals surface area contributed by atoms with E-state index in [1.54, 1.807) is 0 Å². The van der Waals surface area contributed by atoms with Crippen molar-refractivity contribution >= 4 is 0 Å². The van der Waals surface area contributed by atoms with Crippen LogP contribution in [0.3, 0.4) is 0 Å². The van der Waals surface area contributed by atoms with Crippen molar-refractivity contribution in [3.63, 3.8) is 0 Å². The number of aliphatic hydroxyl groups excluding tert-OH is 8. The molecule has 0 aromatic rings. The predicted octanol–water partition coefficient (Wildman–Crippen LogP) is 0.627. The molecule has 0 aromatic carbocycles. The first-order chi connectivity index (χ1) is 25.8. The molecule has 316 valence electrons. The van der Waals surface area contributed by atoms with E-state index in [1.165, 1.54) is 7.11 Å². The number of allylic oxidation sites excluding steroid dienone is 2. The van der Waals surface area contributed by atoms with Gasteiger partial charge in [0.25, 0.3) is 0 Å². The van der Waals surface area contributed by atoms with Crippen molar-refractivity contribution in [1.29, 1.82) is 0 Å². The van der Waals surface area contributed by atoms with E-state index in [9.17, 15) is 46.0 Å². The van der Waals surface area contributed by atoms with Crippen LogP contribution in [0.15, 0.2) is 23.8 Å². The molecule has 21 atom stereocenters. The summed E-state index contributed by atoms with van der Waals surface area (Å²) in [4.78, 5) is 0. The topological polar surface area (TPSA) is 228 Å². The molecular formula is C41H68O14. The number of methoxy groups -OCH3 is 1. The molecule has 0 unspecified atom stereocenters. The monoisotopic (exact) mass is 784 g/mol. The van der Waals surface area contributed by atoms with Gasteiger partial charge in [0.2, 0.25) is 0 Å². The van der Waals surface area contributed by atoms with Gasteiger partial charge in [-0.3, -0.25) is 0 Å². The van der Waals surface area contributed by atoms with E-state index in [1.807, 2.05) is 19.9 Å². The van der Waals surface area contributed by atoms with Gasteiger partial charge in [0.15, 0.2) is 12.6 Å². The molecule has 0 aromatic heterocycles. The fraction of sp³-hybridized carbons (Fsp3) is 0.902. The van der Waals surface area contributed by atoms with E-state index in [2.05, 4.69) is 39.8 Å². The summed E-state index contributed by atoms with van der Waals surface area (Å²) in [5.41, 5.74) is -1.89. The van der Waals surface area contributed by atoms with Crippen LogP contribution in [0.5, 0.6) is 0 Å². The number of hydrogen-bond acceptors (Lipinski definition) is 14. The lowest BCUT2D eigenvalue weighted by Gasteiger charge is -2.63. The molecule has 0 radical (unpaired) electrons. The van der Waals surface area contributed by atoms with Crippen LogP contribution < -0.4 is 0 Å². The van der Waals surface area contributed by atoms with Crippen molar-refractivity contribution in [3.8, 4) is 0 Å². The fourth-order valence-electron chi connectivity index (χ4n) is 12.1. The van der Waals surface area contributed by atoms with Crippen LogP contribution in [0.4, 0.5) is 0 Å². The van der Waals surface area contributed by atoms with E-state index in [0.29, 0.717) is 25.7 Å². The Kier molecular flexibility index (Phi) is 13.1. The molecule has 6 rings (SSSR count). The van der Waals surface area contributed by atoms with Gasteiger partial charge in [0.1, 0.15) is 36.6 Å². The van der Waals surface area contributed by atoms with Gasteiger partial charge in [-0.25, -0.2) is 0 Å². The Bertz CT molecular complexity index is 1380. The third-order valence-electron chi connectivity index (χ3n) is 14.9. The first-order valence-electron chi connectivity index (χ1n) is 20.4. The maximum absolute atomic E-state index is 12.8. The Hall–Kier alpha value is -1.08. The highest BCUT2D eigenvalue weighted by Crippen LogP contribution is 2.69. The second kappa shape index (κ2) is 16.5. The Morgan fingerprint density at radius 1 is 0.818 bits per heavy atom. The molecule has 14 heteroatoms. The highest BCUT2D eigenvalue weighted by Gasteiger charge is 2.72. The molecule has 9 N–H and O–H groups in total. The standard InChI is InChI=1S/C41H68O14/c1-19(2)23(21(4)16-52-37-34(49)30(45)26(43)17-53-37)9-8-20(3)29-32(47)33(48)36-40(29,6)13-11-28-39(5)12-10-22(14-24(39)25(42)15-41(28,36)50)55-38-35(51-7)31(46)27(44)18-54-38/h8-9,14,19-23,25-38,42-50H,10-13,15-18H2,1-7H3/b9-8+/t20-,21+,22-,23-,25+,26+,27+,28+,29-,30+,31-,32+,33-,34+,35+,36+,37-,38-,39-,40+,41-/m0/s1. The zero-order valence-corrected chi connectivity index (χ0v) is 33.4. The summed E-state index contributed by atoms with van der Waals surface area (Å²) in [7, 11) is 1.42. The van der Waals surface area contributed by atoms with Crippen molar-refractivity contribution in [2.24, 2.45) is 52.3 Å². The summed E-state index contributed by atoms with van der Waals surface area (Å²) in [6, 6.07) is 0. The van der Waals surface area contributed by atoms with Crippen molar-refractivity contribution in [3.05, 3.63) is 23.8 Å². The Morgan fingerprint density at radius 2 is 1.47 bits per heavy atom. The highest BCUT2D eigenvalue weighted by molar-refractivity contribution is 5.33. The van der Waals surface area contributed by atoms with Crippen molar-refractivity contribution < 1.29 is 69.6 Å². The molecule has 3 saturated carbocycles. The zero-order chi connectivity index (χ0) is 40.4. The third kappa shape index (κ3) is 7.65. The lowest BCUT2D eigenvalue weighted by atomic mass is 9.43. The van der Waals surface area contributed by atoms with E-state index >= 15 is 0 Å². The van der Waals surface area contributed by atoms with Crippen LogP contribution in [0.2, 0.25) is 0 Å². The lowest BCUT2D eigenvalue weighted by Crippen LogP contribution is -2.66. The third-order valence-corrected chi connectivity index (χ3v) is 14.9. The minimum atomic E-state index is -1.44. The second-order valence-corrected chi connectivity index (χ2v) is 18.6. The minimum absolute atomic E-state index is 0.00915. The van der Waals surface area contributed by atoms with Gasteiger partial charge in [-0.2, -0.15) is 0 Å². The van der Waals surface area contributed by atoms with Gasteiger partial charge < -0.3 is 69.6 Å². The number of ether oxygens (including phenoxy) is 5. The smallest absolute Gasteiger partial charge is 0.187 e. The quantitative estimate of drug-likeness (QED) is 0.131. The Labute approximate surface area is 325 Å². The molecule has 0 amide bonds. The van der Waals surface area contributed by atoms with Gasteiger partial charge in [-0.05, 0) is 77.6 Å². The number of fused-ring (bicyclic) bond motifs is 5. The first-order valence-corrected chi connectivity index (χ1v) is 20.4. The summed E-state index contributed by atoms with van der Waals surface area (Å²) in [6.07, 6.45) is -4.09. The molecule has 6 aliphatic rings. The van der Waals surface area contributed by atoms with Crippen molar-refractivity contribution in [2.45, 2.75) is 153 Å². The zero-order valence-electron chi connectivity index (χ0n) is 33.4. The molecule has 55 heavy (non-hydrogen) atoms. The van der Waals surface area contributed by atoms with Crippen LogP contribution in [-0.4, -0.2) is 152 Å². The summed E-state index contributed by atoms with van der Waals surface area (Å²) in [6.45, 7) is 12.5. The predicted molar refractivity (Wildman–Crippen MR) is 198 cm³/mol. The van der Waals surface area contributed by atoms with Gasteiger partial charge in [0, 0.05) is 19.4 Å². The summed E-state index contributed by atoms with van der Waals surface area (Å²) in [5.74, 6) is -1.23. The summed E-state index contributed by atoms with van der Waals surface area (Å²) < 4.78 is 28.6. The number of aliphatic hydroxyl groups is 9. The minimum Gasteiger partial charge on any atom is -0.390 e. The lowest BCUT2D eigenvalue weighted by molar-refractivity contribution is -0.285. The van der Waals surface area contributed by atoms with Crippen LogP contribution in [0.25, 0.3) is 0 Å². The van der Waals surface area contributed by atoms with E-state index in [-0.39, 0.29) is 61.7 Å². The van der Waals surface area contributed by atoms with E-state index < -0.39 is 96.0 Å². The largest absolute Gasteiger partial charge is 0.390 e. The van der Waals surface area contributed by atoms with Crippen LogP contribution in [0.1, 0.15) is 73.6 Å². The van der Waals surface area contributed by atoms with Gasteiger partial charge in [-0.1, -0.05) is 59.8 Å². The van der Waals surface area contributed by atoms with E-state index in [4.69, 9.17) is 23.7 Å². The van der Waals surface area contributed by atoms with Crippen LogP contribution in [-0.2, 0) is 23.7 Å². The molecule has 2 aliphatic heterocycles. The van der Waals surface area contributed by atoms with Crippen LogP contribution >= 0.6 is 0 Å². The SMILES string of the molecule is CO[C@H]1[C@H](O[C@@H]2C=C3[C@H](O)C[C@@]4(O)[C@@H]5[C@@H](O)[C@H](O)[C@H]([C@@H](C)/C=C/[C@@H](C(C)C)[C@H](C)CO[C@H]6OC[C@@H](O)[C@@H](O)[C@H]6O)[C@@]5(C)CC[C@@H]4[C@@]3(C)CC2)OC[C@@H](O)[C@@H]1O. The van der Waals surface area contributed by atoms with Crippen molar-refractivity contribution in [1.82, 2.24) is 0 Å². The number of hydrogen-bond donors (Lipinski definition) is 9. The fourth-order valence-corrected chi connectivity index (χ4v) is 12.1. The molecule has 0 bridgehead atoms. The van der Waals surface area contributed by atoms with Crippen LogP contribution in [0, 0.1) is 52.3 Å². The maximum Gasteiger partial charge on any atom is 0.187 e. The van der Waals surface area contributed by atoms with E-state index in [0.717, 1.165) is 5.57 Å². The normalized spacial score (nSPS) is 50.6. The second-order valence-electron chi connectivity index (χ2n) is 18.6. The molecule has 0 spiro atoms. The molecule has 5 fully saturated rings. The van der Waals surface area contributed by atoms with Crippen molar-refractivity contribution in [2.75, 3.05) is 26.9 Å². The average Bonchev–Trinajstić information content (AvgIpc) is 3.33. The Balaban J connectivity index is 1.16. The molecule has 2 heterocycles. The Morgan fingerprint density at radius 3 is 2.13 bits per heavy atom. The summed E-state index contributed by atoms with van der Waals surface area (Å²) >= 11 is 0. The van der Waals surface area contributed by atoms with Gasteiger partial charge in [-0.15, -0.1) is 0 Å². The molecule has 4 aliphatic carbocycles. The molecule has 14 nitrogen and oxygen atoms in total. The number of rotatable bonds is 11. The molecule has 2 saturated heterocycles. The first kappa shape index (κ1) is 43.5. The van der Waals surface area contributed by atoms with Gasteiger partial charge in [0.05, 0.1) is 49.8 Å². The summed E-state index contributed by atoms with van der Waals surface area (Å²) in [5, 5.41) is 99.0. The average molecular weight is 785 g/mol. The maximum atomic E-state index is 12.8.